The molecule has 2 fully saturated rings. The first-order valence-electron chi connectivity index (χ1n) is 29.5. The summed E-state index contributed by atoms with van der Waals surface area (Å²) in [6.45, 7) is 1.01. The molecule has 2 N–H and O–H groups in total. The van der Waals surface area contributed by atoms with Crippen LogP contribution < -0.4 is 39.1 Å². The van der Waals surface area contributed by atoms with Crippen LogP contribution in [0.5, 0.6) is 57.5 Å². The number of fused-ring (bicyclic) bond motifs is 2. The number of halogens is 6. The molecule has 0 aliphatic carbocycles. The first-order valence-corrected chi connectivity index (χ1v) is 29.5. The van der Waals surface area contributed by atoms with E-state index in [1.807, 2.05) is 0 Å². The number of carbonyl (C=O) groups is 6. The average Bonchev–Trinajstić information content (AvgIpc) is 0.817. The summed E-state index contributed by atoms with van der Waals surface area (Å²) in [5.74, 6) is -12.2. The fourth-order valence-electron chi connectivity index (χ4n) is 11.9. The van der Waals surface area contributed by atoms with Gasteiger partial charge in [-0.1, -0.05) is 72.8 Å². The highest BCUT2D eigenvalue weighted by atomic mass is 19.4. The van der Waals surface area contributed by atoms with Gasteiger partial charge in [-0.15, -0.1) is 0 Å². The van der Waals surface area contributed by atoms with Crippen LogP contribution in [0, 0.1) is 0 Å². The third-order valence-electron chi connectivity index (χ3n) is 16.1. The molecule has 0 radical (unpaired) electrons. The summed E-state index contributed by atoms with van der Waals surface area (Å²) in [4.78, 5) is 98.9. The number of alkyl halides is 6. The molecule has 26 heteroatoms. The van der Waals surface area contributed by atoms with Crippen molar-refractivity contribution >= 4 is 90.2 Å². The van der Waals surface area contributed by atoms with Crippen LogP contribution >= 0.6 is 0 Å². The molecule has 4 aliphatic rings. The van der Waals surface area contributed by atoms with Crippen LogP contribution in [0.1, 0.15) is 41.4 Å². The molecule has 0 bridgehead atoms. The summed E-state index contributed by atoms with van der Waals surface area (Å²) in [5.41, 5.74) is -2.48. The number of amides is 6. The number of benzene rings is 9. The van der Waals surface area contributed by atoms with E-state index in [-0.39, 0.29) is 136 Å². The maximum atomic E-state index is 16.0. The molecule has 96 heavy (non-hydrogen) atoms. The van der Waals surface area contributed by atoms with Gasteiger partial charge < -0.3 is 48.5 Å². The van der Waals surface area contributed by atoms with Crippen molar-refractivity contribution in [2.24, 2.45) is 0 Å². The quantitative estimate of drug-likeness (QED) is 0.0237. The lowest BCUT2D eigenvalue weighted by Gasteiger charge is -2.36. The largest absolute Gasteiger partial charge is 0.491 e. The lowest BCUT2D eigenvalue weighted by molar-refractivity contribution is -0.178. The van der Waals surface area contributed by atoms with E-state index in [9.17, 15) is 9.59 Å². The van der Waals surface area contributed by atoms with Gasteiger partial charge >= 0.3 is 12.4 Å². The highest BCUT2D eigenvalue weighted by Crippen LogP contribution is 2.58. The molecular formula is C70H44F6N6O14. The van der Waals surface area contributed by atoms with Gasteiger partial charge in [-0.25, -0.2) is 9.97 Å². The Morgan fingerprint density at radius 1 is 0.417 bits per heavy atom. The van der Waals surface area contributed by atoms with Crippen LogP contribution in [0.4, 0.5) is 38.0 Å². The number of ether oxygens (including phenoxy) is 8. The van der Waals surface area contributed by atoms with Crippen molar-refractivity contribution in [3.63, 3.8) is 0 Å². The Labute approximate surface area is 536 Å². The van der Waals surface area contributed by atoms with Crippen LogP contribution in [-0.2, 0) is 19.1 Å². The van der Waals surface area contributed by atoms with Crippen LogP contribution in [0.3, 0.4) is 0 Å². The average molecular weight is 1310 g/mol. The molecule has 9 aromatic carbocycles. The van der Waals surface area contributed by atoms with Gasteiger partial charge in [-0.05, 0) is 84.9 Å². The number of pyridine rings is 2. The van der Waals surface area contributed by atoms with E-state index >= 15 is 45.5 Å². The normalized spacial score (nSPS) is 16.4. The minimum Gasteiger partial charge on any atom is -0.491 e. The van der Waals surface area contributed by atoms with Crippen LogP contribution in [0.2, 0.25) is 0 Å². The van der Waals surface area contributed by atoms with Gasteiger partial charge in [0, 0.05) is 67.6 Å². The molecule has 2 aromatic heterocycles. The molecule has 20 nitrogen and oxygen atoms in total. The fourth-order valence-corrected chi connectivity index (χ4v) is 11.9. The van der Waals surface area contributed by atoms with E-state index < -0.39 is 93.8 Å². The number of anilines is 2. The third-order valence-corrected chi connectivity index (χ3v) is 16.1. The second kappa shape index (κ2) is 23.6. The predicted molar refractivity (Wildman–Crippen MR) is 331 cm³/mol. The topological polar surface area (TPSA) is 239 Å². The number of nitrogens with one attached hydrogen (secondary N) is 2. The first kappa shape index (κ1) is 60.3. The van der Waals surface area contributed by atoms with Crippen molar-refractivity contribution in [3.8, 4) is 57.5 Å². The number of carbonyl (C=O) groups excluding carboxylic acids is 6. The number of hydrogen-bond donors (Lipinski definition) is 2. The monoisotopic (exact) mass is 1310 g/mol. The fraction of sp³-hybridized carbons (Fsp3) is 0.143. The number of para-hydroxylation sites is 4. The van der Waals surface area contributed by atoms with E-state index in [1.54, 1.807) is 72.8 Å². The van der Waals surface area contributed by atoms with Gasteiger partial charge in [0.2, 0.25) is 12.1 Å². The Morgan fingerprint density at radius 3 is 0.958 bits per heavy atom. The number of rotatable bonds is 20. The van der Waals surface area contributed by atoms with Gasteiger partial charge in [0.25, 0.3) is 35.4 Å². The predicted octanol–water partition coefficient (Wildman–Crippen LogP) is 13.6. The standard InChI is InChI=1S/C70H44F6N6O14/c71-69(72,73)61(63(83)79-51-25-39(21-23-77-51)89-31-41-33-91-41)81-65(85)43-27-47(93-35-13-5-1-6-14-35)55-56-48(94-36-15-7-2-8-16-36)28-45-54-46(68(88)82(67(45)87)62(70(74,75)76)64(84)80-52-26-40(22-24-78-52)90-32-42-34-92-42)30-50(96-38-19-11-4-12-20-38)58(60(54)56)57-49(95-37-17-9-3-10-18-37)29-44(66(81)86)53(43)59(55)57/h1-30,41-42,61-62H,31-34H2,(H,77,79,83)(H,78,80,84). The van der Waals surface area contributed by atoms with Crippen LogP contribution in [-0.4, -0.2) is 118 Å². The SMILES string of the molecule is O=C(Nc1cc(OCC2CO2)ccn1)C(N1C(=O)c2cc(Oc3ccccc3)c3c4c(Oc5ccccc5)cc5c6c(cc(Oc7ccccc7)c(c7c(Oc8ccccc8)cc(c2c37)C1=O)c64)C(=O)N(C(C(=O)Nc1cc(OCC2CO2)ccn1)C(F)(F)F)C5=O)C(F)(F)F. The lowest BCUT2D eigenvalue weighted by atomic mass is 9.80. The number of epoxide rings is 2. The maximum Gasteiger partial charge on any atom is 0.418 e. The maximum absolute atomic E-state index is 16.0. The number of aromatic nitrogens is 2. The number of imide groups is 2. The highest BCUT2D eigenvalue weighted by molar-refractivity contribution is 6.45. The summed E-state index contributed by atoms with van der Waals surface area (Å²) in [6.07, 6.45) is -9.47. The summed E-state index contributed by atoms with van der Waals surface area (Å²) in [5, 5.41) is 2.74. The summed E-state index contributed by atoms with van der Waals surface area (Å²) in [6, 6.07) is 33.5. The summed E-state index contributed by atoms with van der Waals surface area (Å²) < 4.78 is 145. The Balaban J connectivity index is 1.01. The Bertz CT molecular complexity index is 4480. The molecule has 0 spiro atoms. The molecule has 6 heterocycles. The Morgan fingerprint density at radius 2 is 0.698 bits per heavy atom. The van der Waals surface area contributed by atoms with Gasteiger partial charge in [-0.2, -0.15) is 26.3 Å². The van der Waals surface area contributed by atoms with Gasteiger partial charge in [-0.3, -0.25) is 38.6 Å². The zero-order valence-corrected chi connectivity index (χ0v) is 49.2. The molecule has 15 rings (SSSR count). The molecule has 0 saturated carbocycles. The third kappa shape index (κ3) is 11.1. The zero-order valence-electron chi connectivity index (χ0n) is 49.2. The summed E-state index contributed by atoms with van der Waals surface area (Å²) in [7, 11) is 0. The van der Waals surface area contributed by atoms with Crippen molar-refractivity contribution < 1.29 is 93.0 Å². The molecule has 4 atom stereocenters. The second-order valence-electron chi connectivity index (χ2n) is 22.5. The lowest BCUT2D eigenvalue weighted by Crippen LogP contribution is -2.58. The Hall–Kier alpha value is -11.9. The van der Waals surface area contributed by atoms with Crippen molar-refractivity contribution in [2.75, 3.05) is 37.1 Å². The molecule has 6 amide bonds. The van der Waals surface area contributed by atoms with Crippen molar-refractivity contribution in [2.45, 2.75) is 36.6 Å². The van der Waals surface area contributed by atoms with Crippen molar-refractivity contribution in [1.29, 1.82) is 0 Å². The minimum atomic E-state index is -5.68. The van der Waals surface area contributed by atoms with E-state index in [0.29, 0.717) is 13.2 Å². The number of nitrogens with zero attached hydrogens (tertiary/aromatic N) is 4. The molecule has 2 saturated heterocycles. The number of hydrogen-bond acceptors (Lipinski definition) is 16. The smallest absolute Gasteiger partial charge is 0.418 e. The second-order valence-corrected chi connectivity index (χ2v) is 22.5. The highest BCUT2D eigenvalue weighted by Gasteiger charge is 2.57. The first-order chi connectivity index (χ1) is 46.3. The molecule has 4 aliphatic heterocycles. The van der Waals surface area contributed by atoms with E-state index in [0.717, 1.165) is 48.8 Å². The van der Waals surface area contributed by atoms with Crippen molar-refractivity contribution in [3.05, 3.63) is 205 Å². The van der Waals surface area contributed by atoms with Gasteiger partial charge in [0.15, 0.2) is 0 Å². The van der Waals surface area contributed by atoms with Crippen LogP contribution in [0.15, 0.2) is 182 Å². The van der Waals surface area contributed by atoms with E-state index in [4.69, 9.17) is 37.9 Å². The van der Waals surface area contributed by atoms with Gasteiger partial charge in [0.05, 0.1) is 35.5 Å². The summed E-state index contributed by atoms with van der Waals surface area (Å²) >= 11 is 0. The van der Waals surface area contributed by atoms with E-state index in [2.05, 4.69) is 20.6 Å². The van der Waals surface area contributed by atoms with Gasteiger partial charge in [0.1, 0.15) is 94.6 Å². The molecule has 4 unspecified atom stereocenters. The van der Waals surface area contributed by atoms with E-state index in [1.165, 1.54) is 60.7 Å². The molecule has 480 valence electrons. The zero-order chi connectivity index (χ0) is 66.3. The van der Waals surface area contributed by atoms with Crippen LogP contribution in [0.25, 0.3) is 43.1 Å². The van der Waals surface area contributed by atoms with Crippen molar-refractivity contribution in [1.82, 2.24) is 19.8 Å². The Kier molecular flexibility index (Phi) is 14.8. The molecule has 11 aromatic rings. The minimum absolute atomic E-state index is 0.0535. The molecular weight excluding hydrogens is 1260 g/mol.